The number of hydrogen-bond donors (Lipinski definition) is 4. The van der Waals surface area contributed by atoms with Crippen LogP contribution in [-0.2, 0) is 6.42 Å². The van der Waals surface area contributed by atoms with Gasteiger partial charge < -0.3 is 15.9 Å². The number of nitrogen functional groups attached to an aromatic ring is 1. The Bertz CT molecular complexity index is 527. The summed E-state index contributed by atoms with van der Waals surface area (Å²) in [5, 5.41) is 16.5. The molecule has 2 aromatic rings. The van der Waals surface area contributed by atoms with Gasteiger partial charge in [0, 0.05) is 13.0 Å². The molecule has 2 heterocycles. The van der Waals surface area contributed by atoms with Gasteiger partial charge in [-0.05, 0) is 6.42 Å². The van der Waals surface area contributed by atoms with Gasteiger partial charge in [0.25, 0.3) is 0 Å². The summed E-state index contributed by atoms with van der Waals surface area (Å²) in [5.41, 5.74) is 1.14. The van der Waals surface area contributed by atoms with Crippen LogP contribution < -0.4 is 11.3 Å². The Balaban J connectivity index is 2.55. The summed E-state index contributed by atoms with van der Waals surface area (Å²) in [6, 6.07) is 0. The van der Waals surface area contributed by atoms with Crippen molar-refractivity contribution < 1.29 is 5.11 Å². The molecule has 0 spiro atoms. The van der Waals surface area contributed by atoms with Crippen LogP contribution in [0.5, 0.6) is 0 Å². The van der Waals surface area contributed by atoms with E-state index in [-0.39, 0.29) is 12.1 Å². The van der Waals surface area contributed by atoms with Crippen LogP contribution in [0.1, 0.15) is 12.2 Å². The summed E-state index contributed by atoms with van der Waals surface area (Å²) < 4.78 is 1.20. The fourth-order valence-corrected chi connectivity index (χ4v) is 1.39. The van der Waals surface area contributed by atoms with E-state index in [9.17, 15) is 0 Å². The van der Waals surface area contributed by atoms with Crippen LogP contribution in [0, 0.1) is 5.41 Å². The molecule has 0 aromatic carbocycles. The van der Waals surface area contributed by atoms with E-state index < -0.39 is 0 Å². The number of nitrogens with one attached hydrogen (secondary N) is 2. The lowest BCUT2D eigenvalue weighted by molar-refractivity contribution is 0.287. The third-order valence-electron chi connectivity index (χ3n) is 2.17. The molecule has 0 aliphatic rings. The molecule has 2 rings (SSSR count). The molecule has 0 atom stereocenters. The molecule has 7 nitrogen and oxygen atoms in total. The van der Waals surface area contributed by atoms with Crippen molar-refractivity contribution in [3.63, 3.8) is 0 Å². The van der Waals surface area contributed by atoms with Crippen molar-refractivity contribution in [3.8, 4) is 0 Å². The highest BCUT2D eigenvalue weighted by molar-refractivity contribution is 5.67. The number of aromatic nitrogens is 4. The average Bonchev–Trinajstić information content (AvgIpc) is 2.69. The number of aliphatic hydroxyl groups is 1. The maximum Gasteiger partial charge on any atom is 0.183 e. The molecule has 80 valence electrons. The third-order valence-corrected chi connectivity index (χ3v) is 2.17. The minimum atomic E-state index is 0.0770. The summed E-state index contributed by atoms with van der Waals surface area (Å²) in [7, 11) is 0. The van der Waals surface area contributed by atoms with Crippen molar-refractivity contribution in [1.82, 2.24) is 19.6 Å². The molecule has 5 N–H and O–H groups in total. The Hall–Kier alpha value is -1.89. The van der Waals surface area contributed by atoms with E-state index in [1.54, 1.807) is 0 Å². The molecule has 7 heteroatoms. The topological polar surface area (TPSA) is 117 Å². The van der Waals surface area contributed by atoms with Gasteiger partial charge in [-0.2, -0.15) is 0 Å². The molecule has 0 amide bonds. The largest absolute Gasteiger partial charge is 0.396 e. The standard InChI is InChI=1S/C8H12N6O/c9-7-6-8(12-4-11-6)13-5(14(7)10)2-1-3-15/h4,9,15H,1-3,10H2,(H,11,12). The van der Waals surface area contributed by atoms with Crippen molar-refractivity contribution >= 4 is 11.2 Å². The molecule has 0 bridgehead atoms. The SMILES string of the molecule is N=c1c2[nH]cnc2nc(CCCO)n1N. The van der Waals surface area contributed by atoms with Crippen LogP contribution in [-0.4, -0.2) is 31.3 Å². The fourth-order valence-electron chi connectivity index (χ4n) is 1.39. The average molecular weight is 208 g/mol. The van der Waals surface area contributed by atoms with Gasteiger partial charge >= 0.3 is 0 Å². The van der Waals surface area contributed by atoms with Crippen molar-refractivity contribution in [2.75, 3.05) is 12.4 Å². The highest BCUT2D eigenvalue weighted by Crippen LogP contribution is 2.02. The fraction of sp³-hybridized carbons (Fsp3) is 0.375. The number of aliphatic hydroxyl groups excluding tert-OH is 1. The normalized spacial score (nSPS) is 11.0. The quantitative estimate of drug-likeness (QED) is 0.478. The Labute approximate surface area is 85.1 Å². The van der Waals surface area contributed by atoms with E-state index in [2.05, 4.69) is 15.0 Å². The van der Waals surface area contributed by atoms with Gasteiger partial charge in [-0.15, -0.1) is 0 Å². The minimum Gasteiger partial charge on any atom is -0.396 e. The van der Waals surface area contributed by atoms with Crippen LogP contribution in [0.3, 0.4) is 0 Å². The van der Waals surface area contributed by atoms with Gasteiger partial charge in [0.1, 0.15) is 11.3 Å². The van der Waals surface area contributed by atoms with Crippen LogP contribution in [0.4, 0.5) is 0 Å². The molecular weight excluding hydrogens is 196 g/mol. The summed E-state index contributed by atoms with van der Waals surface area (Å²) >= 11 is 0. The van der Waals surface area contributed by atoms with Gasteiger partial charge in [0.15, 0.2) is 11.1 Å². The van der Waals surface area contributed by atoms with Crippen molar-refractivity contribution in [1.29, 1.82) is 5.41 Å². The molecule has 2 aromatic heterocycles. The van der Waals surface area contributed by atoms with Crippen molar-refractivity contribution in [2.45, 2.75) is 12.8 Å². The number of fused-ring (bicyclic) bond motifs is 1. The maximum absolute atomic E-state index is 8.71. The molecule has 0 aliphatic heterocycles. The summed E-state index contributed by atoms with van der Waals surface area (Å²) in [5.74, 6) is 6.24. The van der Waals surface area contributed by atoms with E-state index in [1.165, 1.54) is 11.0 Å². The summed E-state index contributed by atoms with van der Waals surface area (Å²) in [6.07, 6.45) is 2.58. The number of rotatable bonds is 3. The van der Waals surface area contributed by atoms with Gasteiger partial charge in [-0.3, -0.25) is 5.41 Å². The molecule has 0 fully saturated rings. The minimum absolute atomic E-state index is 0.0770. The van der Waals surface area contributed by atoms with Crippen molar-refractivity contribution in [2.24, 2.45) is 0 Å². The number of hydrogen-bond acceptors (Lipinski definition) is 5. The first-order valence-corrected chi connectivity index (χ1v) is 4.59. The monoisotopic (exact) mass is 208 g/mol. The summed E-state index contributed by atoms with van der Waals surface area (Å²) in [4.78, 5) is 11.0. The first kappa shape index (κ1) is 9.66. The van der Waals surface area contributed by atoms with Gasteiger partial charge in [-0.1, -0.05) is 0 Å². The Morgan fingerprint density at radius 3 is 3.13 bits per heavy atom. The second-order valence-electron chi connectivity index (χ2n) is 3.17. The highest BCUT2D eigenvalue weighted by Gasteiger charge is 2.07. The van der Waals surface area contributed by atoms with E-state index in [1.807, 2.05) is 0 Å². The second kappa shape index (κ2) is 3.70. The van der Waals surface area contributed by atoms with Crippen LogP contribution in [0.15, 0.2) is 6.33 Å². The predicted molar refractivity (Wildman–Crippen MR) is 53.3 cm³/mol. The van der Waals surface area contributed by atoms with Gasteiger partial charge in [-0.25, -0.2) is 14.6 Å². The van der Waals surface area contributed by atoms with Gasteiger partial charge in [0.05, 0.1) is 6.33 Å². The first-order valence-electron chi connectivity index (χ1n) is 4.59. The number of H-pyrrole nitrogens is 1. The zero-order valence-electron chi connectivity index (χ0n) is 8.06. The molecule has 0 unspecified atom stereocenters. The third kappa shape index (κ3) is 1.57. The zero-order chi connectivity index (χ0) is 10.8. The Morgan fingerprint density at radius 1 is 1.60 bits per heavy atom. The van der Waals surface area contributed by atoms with E-state index in [0.717, 1.165) is 0 Å². The first-order chi connectivity index (χ1) is 7.24. The Kier molecular flexibility index (Phi) is 2.38. The number of aryl methyl sites for hydroxylation is 1. The van der Waals surface area contributed by atoms with Crippen molar-refractivity contribution in [3.05, 3.63) is 17.6 Å². The van der Waals surface area contributed by atoms with E-state index in [4.69, 9.17) is 16.4 Å². The van der Waals surface area contributed by atoms with Crippen LogP contribution >= 0.6 is 0 Å². The molecular formula is C8H12N6O. The van der Waals surface area contributed by atoms with Crippen LogP contribution in [0.25, 0.3) is 11.2 Å². The smallest absolute Gasteiger partial charge is 0.183 e. The number of aromatic amines is 1. The van der Waals surface area contributed by atoms with Crippen LogP contribution in [0.2, 0.25) is 0 Å². The number of nitrogens with two attached hydrogens (primary N) is 1. The number of imidazole rings is 1. The molecule has 0 radical (unpaired) electrons. The maximum atomic E-state index is 8.71. The molecule has 0 aliphatic carbocycles. The number of nitrogens with zero attached hydrogens (tertiary/aromatic N) is 3. The predicted octanol–water partition coefficient (Wildman–Crippen LogP) is -1.12. The summed E-state index contributed by atoms with van der Waals surface area (Å²) in [6.45, 7) is 0.0770. The van der Waals surface area contributed by atoms with E-state index in [0.29, 0.717) is 29.8 Å². The molecule has 15 heavy (non-hydrogen) atoms. The lowest BCUT2D eigenvalue weighted by atomic mass is 10.3. The second-order valence-corrected chi connectivity index (χ2v) is 3.17. The van der Waals surface area contributed by atoms with E-state index >= 15 is 0 Å². The molecule has 0 saturated carbocycles. The van der Waals surface area contributed by atoms with Gasteiger partial charge in [0.2, 0.25) is 0 Å². The molecule has 0 saturated heterocycles. The lowest BCUT2D eigenvalue weighted by Gasteiger charge is -2.06. The highest BCUT2D eigenvalue weighted by atomic mass is 16.2. The lowest BCUT2D eigenvalue weighted by Crippen LogP contribution is -2.32. The Morgan fingerprint density at radius 2 is 2.40 bits per heavy atom. The zero-order valence-corrected chi connectivity index (χ0v) is 8.06.